The van der Waals surface area contributed by atoms with E-state index in [-0.39, 0.29) is 5.91 Å². The van der Waals surface area contributed by atoms with Gasteiger partial charge in [-0.25, -0.2) is 9.67 Å². The first-order chi connectivity index (χ1) is 14.3. The summed E-state index contributed by atoms with van der Waals surface area (Å²) in [7, 11) is 0. The van der Waals surface area contributed by atoms with Gasteiger partial charge in [0.15, 0.2) is 0 Å². The maximum absolute atomic E-state index is 12.5. The highest BCUT2D eigenvalue weighted by molar-refractivity contribution is 7.98. The molecule has 0 bridgehead atoms. The van der Waals surface area contributed by atoms with Gasteiger partial charge < -0.3 is 4.90 Å². The monoisotopic (exact) mass is 404 g/mol. The fourth-order valence-corrected chi connectivity index (χ4v) is 5.06. The molecule has 1 saturated heterocycles. The number of benzene rings is 1. The van der Waals surface area contributed by atoms with Gasteiger partial charge in [0.05, 0.1) is 22.0 Å². The Bertz CT molecular complexity index is 1010. The average Bonchev–Trinajstić information content (AvgIpc) is 3.51. The van der Waals surface area contributed by atoms with Gasteiger partial charge in [0, 0.05) is 30.7 Å². The van der Waals surface area contributed by atoms with E-state index in [2.05, 4.69) is 33.9 Å². The Hall–Kier alpha value is -2.60. The highest BCUT2D eigenvalue weighted by atomic mass is 32.2. The normalized spacial score (nSPS) is 15.7. The highest BCUT2D eigenvalue weighted by Crippen LogP contribution is 2.31. The van der Waals surface area contributed by atoms with Crippen molar-refractivity contribution in [3.8, 4) is 5.69 Å². The minimum Gasteiger partial charge on any atom is -0.339 e. The second-order valence-corrected chi connectivity index (χ2v) is 8.64. The zero-order valence-electron chi connectivity index (χ0n) is 16.4. The molecule has 6 heteroatoms. The number of aromatic nitrogens is 3. The zero-order chi connectivity index (χ0) is 19.6. The molecule has 1 aliphatic carbocycles. The third-order valence-corrected chi connectivity index (χ3v) is 6.70. The molecular weight excluding hydrogens is 380 g/mol. The van der Waals surface area contributed by atoms with Gasteiger partial charge in [0.25, 0.3) is 5.91 Å². The van der Waals surface area contributed by atoms with Gasteiger partial charge in [0.2, 0.25) is 0 Å². The molecule has 2 aromatic heterocycles. The van der Waals surface area contributed by atoms with E-state index >= 15 is 0 Å². The summed E-state index contributed by atoms with van der Waals surface area (Å²) in [6.07, 6.45) is 7.32. The van der Waals surface area contributed by atoms with Crippen molar-refractivity contribution in [1.29, 1.82) is 0 Å². The Morgan fingerprint density at radius 2 is 1.83 bits per heavy atom. The van der Waals surface area contributed by atoms with Crippen LogP contribution in [-0.2, 0) is 18.6 Å². The number of pyridine rings is 1. The van der Waals surface area contributed by atoms with Gasteiger partial charge in [-0.2, -0.15) is 5.10 Å². The summed E-state index contributed by atoms with van der Waals surface area (Å²) in [4.78, 5) is 18.9. The number of carbonyl (C=O) groups excluding carboxylic acids is 1. The van der Waals surface area contributed by atoms with E-state index in [1.165, 1.54) is 17.7 Å². The number of amides is 1. The molecule has 148 valence electrons. The number of rotatable bonds is 5. The smallest absolute Gasteiger partial charge is 0.255 e. The van der Waals surface area contributed by atoms with Crippen molar-refractivity contribution in [3.63, 3.8) is 0 Å². The predicted molar refractivity (Wildman–Crippen MR) is 115 cm³/mol. The van der Waals surface area contributed by atoms with Crippen molar-refractivity contribution in [1.82, 2.24) is 19.7 Å². The largest absolute Gasteiger partial charge is 0.339 e. The lowest BCUT2D eigenvalue weighted by Gasteiger charge is -2.14. The number of thioether (sulfide) groups is 1. The van der Waals surface area contributed by atoms with Crippen molar-refractivity contribution >= 4 is 17.7 Å². The van der Waals surface area contributed by atoms with Gasteiger partial charge in [0.1, 0.15) is 0 Å². The number of fused-ring (bicyclic) bond motifs is 1. The van der Waals surface area contributed by atoms with E-state index in [1.807, 2.05) is 23.1 Å². The standard InChI is InChI=1S/C23H24N4OS/c28-23(26-13-4-5-14-26)17-11-12-22(24-15-17)29-16-20-19-9-6-10-21(19)27(25-20)18-7-2-1-3-8-18/h1-3,7-8,11-12,15H,4-6,9-10,13-14,16H2. The molecule has 5 nitrogen and oxygen atoms in total. The molecule has 1 fully saturated rings. The Labute approximate surface area is 175 Å². The maximum Gasteiger partial charge on any atom is 0.255 e. The van der Waals surface area contributed by atoms with Crippen LogP contribution < -0.4 is 0 Å². The molecule has 0 radical (unpaired) electrons. The lowest BCUT2D eigenvalue weighted by atomic mass is 10.2. The summed E-state index contributed by atoms with van der Waals surface area (Å²) in [5.41, 5.74) is 5.73. The number of hydrogen-bond acceptors (Lipinski definition) is 4. The maximum atomic E-state index is 12.5. The van der Waals surface area contributed by atoms with Gasteiger partial charge in [-0.05, 0) is 61.9 Å². The SMILES string of the molecule is O=C(c1ccc(SCc2nn(-c3ccccc3)c3c2CCC3)nc1)N1CCCC1. The van der Waals surface area contributed by atoms with E-state index in [0.717, 1.165) is 60.9 Å². The third kappa shape index (κ3) is 3.69. The Balaban J connectivity index is 1.30. The summed E-state index contributed by atoms with van der Waals surface area (Å²) in [6.45, 7) is 1.73. The zero-order valence-corrected chi connectivity index (χ0v) is 17.2. The third-order valence-electron chi connectivity index (χ3n) is 5.75. The van der Waals surface area contributed by atoms with Crippen LogP contribution in [0.15, 0.2) is 53.7 Å². The first kappa shape index (κ1) is 18.4. The van der Waals surface area contributed by atoms with Crippen molar-refractivity contribution in [2.45, 2.75) is 42.9 Å². The number of hydrogen-bond donors (Lipinski definition) is 0. The molecule has 0 N–H and O–H groups in total. The molecule has 1 aromatic carbocycles. The van der Waals surface area contributed by atoms with E-state index < -0.39 is 0 Å². The van der Waals surface area contributed by atoms with Gasteiger partial charge >= 0.3 is 0 Å². The lowest BCUT2D eigenvalue weighted by molar-refractivity contribution is 0.0792. The van der Waals surface area contributed by atoms with E-state index in [0.29, 0.717) is 5.56 Å². The topological polar surface area (TPSA) is 51.0 Å². The molecule has 2 aliphatic rings. The first-order valence-corrected chi connectivity index (χ1v) is 11.3. The molecule has 0 spiro atoms. The highest BCUT2D eigenvalue weighted by Gasteiger charge is 2.23. The van der Waals surface area contributed by atoms with Crippen molar-refractivity contribution in [2.75, 3.05) is 13.1 Å². The lowest BCUT2D eigenvalue weighted by Crippen LogP contribution is -2.27. The fraction of sp³-hybridized carbons (Fsp3) is 0.348. The van der Waals surface area contributed by atoms with Crippen LogP contribution >= 0.6 is 11.8 Å². The molecule has 0 saturated carbocycles. The molecule has 3 heterocycles. The summed E-state index contributed by atoms with van der Waals surface area (Å²) >= 11 is 1.69. The Morgan fingerprint density at radius 1 is 1.00 bits per heavy atom. The van der Waals surface area contributed by atoms with Crippen LogP contribution in [0.25, 0.3) is 5.69 Å². The molecule has 3 aromatic rings. The van der Waals surface area contributed by atoms with E-state index in [1.54, 1.807) is 18.0 Å². The molecule has 1 amide bonds. The van der Waals surface area contributed by atoms with Crippen LogP contribution in [0.3, 0.4) is 0 Å². The first-order valence-electron chi connectivity index (χ1n) is 10.3. The van der Waals surface area contributed by atoms with Gasteiger partial charge in [-0.15, -0.1) is 0 Å². The predicted octanol–water partition coefficient (Wildman–Crippen LogP) is 4.28. The number of likely N-dealkylation sites (tertiary alicyclic amines) is 1. The Morgan fingerprint density at radius 3 is 2.59 bits per heavy atom. The summed E-state index contributed by atoms with van der Waals surface area (Å²) in [6, 6.07) is 14.2. The average molecular weight is 405 g/mol. The van der Waals surface area contributed by atoms with E-state index in [4.69, 9.17) is 5.10 Å². The van der Waals surface area contributed by atoms with E-state index in [9.17, 15) is 4.79 Å². The fourth-order valence-electron chi connectivity index (χ4n) is 4.25. The number of carbonyl (C=O) groups is 1. The second-order valence-electron chi connectivity index (χ2n) is 7.65. The van der Waals surface area contributed by atoms with Crippen molar-refractivity contribution < 1.29 is 4.79 Å². The van der Waals surface area contributed by atoms with Crippen LogP contribution in [0.5, 0.6) is 0 Å². The van der Waals surface area contributed by atoms with Crippen molar-refractivity contribution in [3.05, 3.63) is 71.2 Å². The van der Waals surface area contributed by atoms with Crippen LogP contribution in [-0.4, -0.2) is 38.7 Å². The van der Waals surface area contributed by atoms with Crippen LogP contribution in [0.4, 0.5) is 0 Å². The molecule has 0 unspecified atom stereocenters. The number of nitrogens with zero attached hydrogens (tertiary/aromatic N) is 4. The molecular formula is C23H24N4OS. The minimum absolute atomic E-state index is 0.103. The van der Waals surface area contributed by atoms with Gasteiger partial charge in [-0.3, -0.25) is 4.79 Å². The molecule has 5 rings (SSSR count). The quantitative estimate of drug-likeness (QED) is 0.596. The summed E-state index contributed by atoms with van der Waals surface area (Å²) in [5, 5.41) is 5.86. The van der Waals surface area contributed by atoms with Crippen LogP contribution in [0.2, 0.25) is 0 Å². The molecule has 0 atom stereocenters. The molecule has 29 heavy (non-hydrogen) atoms. The van der Waals surface area contributed by atoms with Crippen LogP contribution in [0, 0.1) is 0 Å². The Kier molecular flexibility index (Phi) is 5.10. The summed E-state index contributed by atoms with van der Waals surface area (Å²) in [5.74, 6) is 0.903. The summed E-state index contributed by atoms with van der Waals surface area (Å²) < 4.78 is 2.11. The van der Waals surface area contributed by atoms with Crippen LogP contribution in [0.1, 0.15) is 46.6 Å². The second kappa shape index (κ2) is 8.03. The van der Waals surface area contributed by atoms with Gasteiger partial charge in [-0.1, -0.05) is 30.0 Å². The minimum atomic E-state index is 0.103. The van der Waals surface area contributed by atoms with Crippen molar-refractivity contribution in [2.24, 2.45) is 0 Å². The number of para-hydroxylation sites is 1. The molecule has 1 aliphatic heterocycles.